The van der Waals surface area contributed by atoms with E-state index in [1.165, 1.54) is 6.92 Å². The number of piperazine rings is 1. The van der Waals surface area contributed by atoms with Gasteiger partial charge in [-0.05, 0) is 85.3 Å². The second kappa shape index (κ2) is 12.0. The fraction of sp³-hybridized carbons (Fsp3) is 0.344. The normalized spacial score (nSPS) is 16.3. The van der Waals surface area contributed by atoms with Gasteiger partial charge in [-0.1, -0.05) is 30.3 Å². The van der Waals surface area contributed by atoms with Crippen molar-refractivity contribution in [3.63, 3.8) is 0 Å². The third-order valence-electron chi connectivity index (χ3n) is 7.57. The second-order valence-corrected chi connectivity index (χ2v) is 10.8. The lowest BCUT2D eigenvalue weighted by Gasteiger charge is -2.35. The molecular weight excluding hydrogens is 504 g/mol. The minimum absolute atomic E-state index is 0.0827. The van der Waals surface area contributed by atoms with E-state index >= 15 is 0 Å². The van der Waals surface area contributed by atoms with Crippen LogP contribution in [0.3, 0.4) is 0 Å². The van der Waals surface area contributed by atoms with Crippen molar-refractivity contribution in [3.05, 3.63) is 83.4 Å². The first kappa shape index (κ1) is 27.6. The van der Waals surface area contributed by atoms with Gasteiger partial charge in [0, 0.05) is 55.6 Å². The second-order valence-electron chi connectivity index (χ2n) is 10.8. The van der Waals surface area contributed by atoms with Gasteiger partial charge in [-0.2, -0.15) is 0 Å². The van der Waals surface area contributed by atoms with Crippen LogP contribution >= 0.6 is 0 Å². The molecule has 8 nitrogen and oxygen atoms in total. The largest absolute Gasteiger partial charge is 0.384 e. The number of aryl methyl sites for hydroxylation is 1. The molecule has 1 saturated carbocycles. The molecule has 1 aliphatic carbocycles. The van der Waals surface area contributed by atoms with Gasteiger partial charge in [-0.25, -0.2) is 0 Å². The number of carbonyl (C=O) groups is 3. The van der Waals surface area contributed by atoms with E-state index in [0.717, 1.165) is 66.1 Å². The van der Waals surface area contributed by atoms with Crippen LogP contribution in [-0.2, 0) is 16.1 Å². The first-order valence-electron chi connectivity index (χ1n) is 13.9. The van der Waals surface area contributed by atoms with E-state index < -0.39 is 6.10 Å². The highest BCUT2D eigenvalue weighted by Crippen LogP contribution is 2.32. The zero-order valence-electron chi connectivity index (χ0n) is 23.0. The van der Waals surface area contributed by atoms with E-state index in [0.29, 0.717) is 18.7 Å². The van der Waals surface area contributed by atoms with Crippen molar-refractivity contribution in [1.29, 1.82) is 0 Å². The third-order valence-corrected chi connectivity index (χ3v) is 7.57. The number of benzene rings is 3. The van der Waals surface area contributed by atoms with Crippen LogP contribution in [-0.4, -0.2) is 64.9 Å². The fourth-order valence-electron chi connectivity index (χ4n) is 4.95. The number of nitrogens with one attached hydrogen (secondary N) is 2. The molecule has 0 unspecified atom stereocenters. The van der Waals surface area contributed by atoms with Gasteiger partial charge < -0.3 is 20.6 Å². The smallest absolute Gasteiger partial charge is 0.255 e. The molecule has 3 amide bonds. The lowest BCUT2D eigenvalue weighted by molar-refractivity contribution is -0.141. The van der Waals surface area contributed by atoms with Gasteiger partial charge in [-0.15, -0.1) is 0 Å². The molecule has 1 saturated heterocycles. The molecule has 0 aromatic heterocycles. The van der Waals surface area contributed by atoms with Crippen molar-refractivity contribution in [2.24, 2.45) is 5.92 Å². The molecule has 2 fully saturated rings. The van der Waals surface area contributed by atoms with Gasteiger partial charge in [0.25, 0.3) is 11.8 Å². The van der Waals surface area contributed by atoms with Crippen LogP contribution in [0.25, 0.3) is 11.1 Å². The van der Waals surface area contributed by atoms with Gasteiger partial charge in [0.15, 0.2) is 0 Å². The Labute approximate surface area is 235 Å². The number of nitrogens with zero attached hydrogens (tertiary/aromatic N) is 2. The summed E-state index contributed by atoms with van der Waals surface area (Å²) in [5, 5.41) is 15.5. The third kappa shape index (κ3) is 6.76. The quantitative estimate of drug-likeness (QED) is 0.396. The molecule has 40 heavy (non-hydrogen) atoms. The Morgan fingerprint density at radius 1 is 0.875 bits per heavy atom. The highest BCUT2D eigenvalue weighted by Gasteiger charge is 2.29. The van der Waals surface area contributed by atoms with Crippen LogP contribution in [0.5, 0.6) is 0 Å². The standard InChI is InChI=1S/C32H36N4O4/c1-21-3-12-28(34-31(39)26-10-11-26)19-29(21)24-6-8-25(9-7-24)30(38)33-27-13-4-23(5-14-27)20-35-15-17-36(18-16-35)32(40)22(2)37/h3-9,12-14,19,22,26,37H,10-11,15-18,20H2,1-2H3,(H,33,38)(H,34,39)/t22-/m0/s1. The summed E-state index contributed by atoms with van der Waals surface area (Å²) in [4.78, 5) is 41.0. The average molecular weight is 541 g/mol. The molecule has 3 N–H and O–H groups in total. The Bertz CT molecular complexity index is 1370. The van der Waals surface area contributed by atoms with Crippen LogP contribution in [0.15, 0.2) is 66.7 Å². The van der Waals surface area contributed by atoms with Crippen molar-refractivity contribution in [2.75, 3.05) is 36.8 Å². The van der Waals surface area contributed by atoms with Crippen molar-refractivity contribution < 1.29 is 19.5 Å². The summed E-state index contributed by atoms with van der Waals surface area (Å²) in [5.74, 6) is -0.164. The van der Waals surface area contributed by atoms with Gasteiger partial charge in [0.05, 0.1) is 0 Å². The predicted molar refractivity (Wildman–Crippen MR) is 156 cm³/mol. The molecule has 3 aromatic rings. The first-order chi connectivity index (χ1) is 19.3. The summed E-state index contributed by atoms with van der Waals surface area (Å²) >= 11 is 0. The summed E-state index contributed by atoms with van der Waals surface area (Å²) < 4.78 is 0. The Morgan fingerprint density at radius 3 is 2.15 bits per heavy atom. The van der Waals surface area contributed by atoms with Crippen molar-refractivity contribution in [3.8, 4) is 11.1 Å². The maximum atomic E-state index is 12.9. The average Bonchev–Trinajstić information content (AvgIpc) is 3.81. The predicted octanol–water partition coefficient (Wildman–Crippen LogP) is 4.29. The molecule has 8 heteroatoms. The Balaban J connectivity index is 1.15. The fourth-order valence-corrected chi connectivity index (χ4v) is 4.95. The molecule has 0 spiro atoms. The van der Waals surface area contributed by atoms with Crippen molar-refractivity contribution in [1.82, 2.24) is 9.80 Å². The van der Waals surface area contributed by atoms with Gasteiger partial charge >= 0.3 is 0 Å². The lowest BCUT2D eigenvalue weighted by atomic mass is 9.98. The van der Waals surface area contributed by atoms with Crippen molar-refractivity contribution >= 4 is 29.1 Å². The number of amides is 3. The van der Waals surface area contributed by atoms with Crippen LogP contribution in [0, 0.1) is 12.8 Å². The number of hydrogen-bond donors (Lipinski definition) is 3. The highest BCUT2D eigenvalue weighted by atomic mass is 16.3. The van der Waals surface area contributed by atoms with Crippen LogP contribution in [0.2, 0.25) is 0 Å². The van der Waals surface area contributed by atoms with E-state index in [1.54, 1.807) is 4.90 Å². The first-order valence-corrected chi connectivity index (χ1v) is 13.9. The number of aliphatic hydroxyl groups excluding tert-OH is 1. The Hall–Kier alpha value is -4.01. The summed E-state index contributed by atoms with van der Waals surface area (Å²) in [6, 6.07) is 21.2. The molecule has 1 aliphatic heterocycles. The number of hydrogen-bond acceptors (Lipinski definition) is 5. The molecular formula is C32H36N4O4. The summed E-state index contributed by atoms with van der Waals surface area (Å²) in [6.45, 7) is 7.03. The lowest BCUT2D eigenvalue weighted by Crippen LogP contribution is -2.50. The van der Waals surface area contributed by atoms with Crippen molar-refractivity contribution in [2.45, 2.75) is 39.3 Å². The number of aliphatic hydroxyl groups is 1. The minimum Gasteiger partial charge on any atom is -0.384 e. The van der Waals surface area contributed by atoms with Gasteiger partial charge in [-0.3, -0.25) is 19.3 Å². The van der Waals surface area contributed by atoms with Gasteiger partial charge in [0.2, 0.25) is 5.91 Å². The van der Waals surface area contributed by atoms with E-state index in [1.807, 2.05) is 73.7 Å². The molecule has 208 valence electrons. The number of anilines is 2. The van der Waals surface area contributed by atoms with Crippen LogP contribution in [0.4, 0.5) is 11.4 Å². The molecule has 2 aliphatic rings. The van der Waals surface area contributed by atoms with Crippen LogP contribution < -0.4 is 10.6 Å². The summed E-state index contributed by atoms with van der Waals surface area (Å²) in [7, 11) is 0. The van der Waals surface area contributed by atoms with E-state index in [9.17, 15) is 19.5 Å². The zero-order valence-corrected chi connectivity index (χ0v) is 23.0. The van der Waals surface area contributed by atoms with E-state index in [-0.39, 0.29) is 23.6 Å². The monoisotopic (exact) mass is 540 g/mol. The zero-order chi connectivity index (χ0) is 28.2. The summed E-state index contributed by atoms with van der Waals surface area (Å²) in [5.41, 5.74) is 6.30. The number of rotatable bonds is 8. The molecule has 0 bridgehead atoms. The summed E-state index contributed by atoms with van der Waals surface area (Å²) in [6.07, 6.45) is 0.971. The van der Waals surface area contributed by atoms with E-state index in [4.69, 9.17) is 0 Å². The molecule has 0 radical (unpaired) electrons. The topological polar surface area (TPSA) is 102 Å². The van der Waals surface area contributed by atoms with E-state index in [2.05, 4.69) is 15.5 Å². The SMILES string of the molecule is Cc1ccc(NC(=O)C2CC2)cc1-c1ccc(C(=O)Nc2ccc(CN3CCN(C(=O)[C@H](C)O)CC3)cc2)cc1. The maximum Gasteiger partial charge on any atom is 0.255 e. The Kier molecular flexibility index (Phi) is 8.28. The maximum absolute atomic E-state index is 12.9. The molecule has 3 aromatic carbocycles. The Morgan fingerprint density at radius 2 is 1.52 bits per heavy atom. The molecule has 1 heterocycles. The van der Waals surface area contributed by atoms with Gasteiger partial charge in [0.1, 0.15) is 6.10 Å². The minimum atomic E-state index is -0.958. The number of carbonyl (C=O) groups excluding carboxylic acids is 3. The molecule has 5 rings (SSSR count). The molecule has 1 atom stereocenters. The van der Waals surface area contributed by atoms with Crippen LogP contribution in [0.1, 0.15) is 41.3 Å². The highest BCUT2D eigenvalue weighted by molar-refractivity contribution is 6.04.